The largest absolute Gasteiger partial charge is 0.490 e. The van der Waals surface area contributed by atoms with Crippen LogP contribution >= 0.6 is 0 Å². The molecule has 14 heteroatoms. The Morgan fingerprint density at radius 1 is 1.15 bits per heavy atom. The molecule has 210 valence electrons. The topological polar surface area (TPSA) is 124 Å². The molecule has 1 aliphatic heterocycles. The van der Waals surface area contributed by atoms with Crippen molar-refractivity contribution >= 4 is 23.1 Å². The van der Waals surface area contributed by atoms with Gasteiger partial charge in [-0.25, -0.2) is 9.59 Å². The summed E-state index contributed by atoms with van der Waals surface area (Å²) < 4.78 is 42.0. The van der Waals surface area contributed by atoms with E-state index in [9.17, 15) is 22.8 Å². The van der Waals surface area contributed by atoms with Crippen molar-refractivity contribution < 1.29 is 27.8 Å². The summed E-state index contributed by atoms with van der Waals surface area (Å²) in [5, 5.41) is 10.5. The monoisotopic (exact) mass is 550 g/mol. The number of ether oxygens (including phenoxy) is 1. The lowest BCUT2D eigenvalue weighted by Gasteiger charge is -2.28. The molecule has 1 aromatic carbocycles. The normalized spacial score (nSPS) is 13.4. The zero-order chi connectivity index (χ0) is 28.6. The number of alkyl halides is 3. The fraction of sp³-hybridized carbons (Fsp3) is 0.440. The number of carboxylic acids is 1. The number of aliphatic carboxylic acids is 1. The SMILES string of the molecule is CC#CCn1c(N2CCNCC2)nc2c1c(=O)n(C)c(=O)n2CCOCc1ccccc1.O=C(O)C(F)(F)F. The molecule has 11 nitrogen and oxygen atoms in total. The van der Waals surface area contributed by atoms with Crippen LogP contribution in [0.2, 0.25) is 0 Å². The molecule has 1 fully saturated rings. The lowest BCUT2D eigenvalue weighted by Crippen LogP contribution is -2.44. The zero-order valence-corrected chi connectivity index (χ0v) is 21.5. The van der Waals surface area contributed by atoms with E-state index < -0.39 is 17.8 Å². The number of rotatable bonds is 7. The molecule has 3 heterocycles. The van der Waals surface area contributed by atoms with Gasteiger partial charge in [0.2, 0.25) is 5.95 Å². The first-order valence-corrected chi connectivity index (χ1v) is 12.0. The number of nitrogens with one attached hydrogen (secondary N) is 1. The molecule has 0 atom stereocenters. The number of nitrogens with zero attached hydrogens (tertiary/aromatic N) is 5. The van der Waals surface area contributed by atoms with Crippen LogP contribution in [0.5, 0.6) is 0 Å². The predicted molar refractivity (Wildman–Crippen MR) is 138 cm³/mol. The number of carbonyl (C=O) groups is 1. The molecule has 0 aliphatic carbocycles. The Balaban J connectivity index is 0.000000532. The quantitative estimate of drug-likeness (QED) is 0.332. The van der Waals surface area contributed by atoms with Gasteiger partial charge in [0.05, 0.1) is 26.3 Å². The van der Waals surface area contributed by atoms with Crippen LogP contribution in [0.25, 0.3) is 11.2 Å². The van der Waals surface area contributed by atoms with Crippen LogP contribution in [-0.2, 0) is 36.3 Å². The third-order valence-corrected chi connectivity index (χ3v) is 5.84. The minimum absolute atomic E-state index is 0.299. The Morgan fingerprint density at radius 2 is 1.79 bits per heavy atom. The summed E-state index contributed by atoms with van der Waals surface area (Å²) in [5.41, 5.74) is 1.08. The van der Waals surface area contributed by atoms with Crippen molar-refractivity contribution in [2.24, 2.45) is 7.05 Å². The summed E-state index contributed by atoms with van der Waals surface area (Å²) in [6.45, 7) is 6.40. The first-order valence-electron chi connectivity index (χ1n) is 12.0. The van der Waals surface area contributed by atoms with Crippen molar-refractivity contribution in [2.75, 3.05) is 37.7 Å². The molecule has 1 saturated heterocycles. The first-order chi connectivity index (χ1) is 18.6. The molecule has 0 amide bonds. The number of benzene rings is 1. The molecule has 0 bridgehead atoms. The van der Waals surface area contributed by atoms with E-state index in [0.717, 1.165) is 36.3 Å². The highest BCUT2D eigenvalue weighted by Crippen LogP contribution is 2.20. The number of fused-ring (bicyclic) bond motifs is 1. The van der Waals surface area contributed by atoms with E-state index in [4.69, 9.17) is 19.6 Å². The summed E-state index contributed by atoms with van der Waals surface area (Å²) in [4.78, 5) is 41.8. The zero-order valence-electron chi connectivity index (χ0n) is 21.5. The van der Waals surface area contributed by atoms with Gasteiger partial charge in [0.25, 0.3) is 5.56 Å². The summed E-state index contributed by atoms with van der Waals surface area (Å²) in [5.74, 6) is 3.85. The third-order valence-electron chi connectivity index (χ3n) is 5.84. The second-order valence-corrected chi connectivity index (χ2v) is 8.47. The molecule has 0 unspecified atom stereocenters. The van der Waals surface area contributed by atoms with Crippen LogP contribution in [0.4, 0.5) is 19.1 Å². The van der Waals surface area contributed by atoms with Crippen LogP contribution < -0.4 is 21.5 Å². The molecule has 39 heavy (non-hydrogen) atoms. The van der Waals surface area contributed by atoms with Crippen LogP contribution in [0.1, 0.15) is 12.5 Å². The number of imidazole rings is 1. The summed E-state index contributed by atoms with van der Waals surface area (Å²) in [6.07, 6.45) is -5.08. The fourth-order valence-electron chi connectivity index (χ4n) is 3.88. The second kappa shape index (κ2) is 13.1. The molecule has 2 aromatic heterocycles. The lowest BCUT2D eigenvalue weighted by molar-refractivity contribution is -0.192. The van der Waals surface area contributed by atoms with E-state index in [2.05, 4.69) is 22.1 Å². The van der Waals surface area contributed by atoms with Gasteiger partial charge in [0, 0.05) is 33.2 Å². The van der Waals surface area contributed by atoms with Gasteiger partial charge in [0.1, 0.15) is 0 Å². The van der Waals surface area contributed by atoms with Crippen LogP contribution in [0, 0.1) is 11.8 Å². The second-order valence-electron chi connectivity index (χ2n) is 8.47. The van der Waals surface area contributed by atoms with E-state index in [-0.39, 0.29) is 5.56 Å². The van der Waals surface area contributed by atoms with Gasteiger partial charge >= 0.3 is 17.8 Å². The summed E-state index contributed by atoms with van der Waals surface area (Å²) >= 11 is 0. The lowest BCUT2D eigenvalue weighted by atomic mass is 10.2. The van der Waals surface area contributed by atoms with E-state index in [1.807, 2.05) is 34.9 Å². The highest BCUT2D eigenvalue weighted by molar-refractivity contribution is 5.75. The number of anilines is 1. The summed E-state index contributed by atoms with van der Waals surface area (Å²) in [6, 6.07) is 9.87. The van der Waals surface area contributed by atoms with Crippen LogP contribution in [-0.4, -0.2) is 68.7 Å². The average molecular weight is 551 g/mol. The fourth-order valence-corrected chi connectivity index (χ4v) is 3.88. The van der Waals surface area contributed by atoms with Crippen LogP contribution in [0.3, 0.4) is 0 Å². The Kier molecular flexibility index (Phi) is 9.91. The molecule has 0 radical (unpaired) electrons. The van der Waals surface area contributed by atoms with Crippen molar-refractivity contribution in [3.63, 3.8) is 0 Å². The minimum atomic E-state index is -5.08. The molecule has 2 N–H and O–H groups in total. The van der Waals surface area contributed by atoms with Crippen LogP contribution in [0.15, 0.2) is 39.9 Å². The van der Waals surface area contributed by atoms with E-state index >= 15 is 0 Å². The molecule has 4 rings (SSSR count). The number of halogens is 3. The van der Waals surface area contributed by atoms with E-state index in [0.29, 0.717) is 43.4 Å². The number of piperazine rings is 1. The van der Waals surface area contributed by atoms with E-state index in [1.165, 1.54) is 11.6 Å². The van der Waals surface area contributed by atoms with Gasteiger partial charge in [-0.3, -0.25) is 18.5 Å². The maximum absolute atomic E-state index is 13.1. The standard InChI is InChI=1S/C23H28N6O3.C2HF3O2/c1-3-4-12-28-19-20(25-22(28)27-13-10-24-11-14-27)29(23(31)26(2)21(19)30)15-16-32-17-18-8-6-5-7-9-18;3-2(4,5)1(6)7/h5-9,24H,10-17H2,1-2H3;(H,6,7). The number of carboxylic acid groups (broad SMARTS) is 1. The Hall–Kier alpha value is -4.09. The number of hydrogen-bond acceptors (Lipinski definition) is 7. The van der Waals surface area contributed by atoms with Gasteiger partial charge in [-0.15, -0.1) is 5.92 Å². The molecular weight excluding hydrogens is 521 g/mol. The van der Waals surface area contributed by atoms with E-state index in [1.54, 1.807) is 6.92 Å². The van der Waals surface area contributed by atoms with Gasteiger partial charge in [-0.1, -0.05) is 36.3 Å². The molecule has 0 saturated carbocycles. The molecule has 0 spiro atoms. The average Bonchev–Trinajstić information content (AvgIpc) is 3.30. The maximum Gasteiger partial charge on any atom is 0.490 e. The van der Waals surface area contributed by atoms with Gasteiger partial charge < -0.3 is 20.1 Å². The maximum atomic E-state index is 13.1. The van der Waals surface area contributed by atoms with Gasteiger partial charge in [-0.05, 0) is 12.5 Å². The Bertz CT molecular complexity index is 1460. The number of aromatic nitrogens is 4. The first kappa shape index (κ1) is 29.5. The Morgan fingerprint density at radius 3 is 2.38 bits per heavy atom. The molecule has 3 aromatic rings. The van der Waals surface area contributed by atoms with Crippen molar-refractivity contribution in [3.05, 3.63) is 56.7 Å². The van der Waals surface area contributed by atoms with Gasteiger partial charge in [-0.2, -0.15) is 18.2 Å². The smallest absolute Gasteiger partial charge is 0.475 e. The van der Waals surface area contributed by atoms with Crippen molar-refractivity contribution in [2.45, 2.75) is 32.8 Å². The summed E-state index contributed by atoms with van der Waals surface area (Å²) in [7, 11) is 1.50. The minimum Gasteiger partial charge on any atom is -0.475 e. The van der Waals surface area contributed by atoms with Crippen molar-refractivity contribution in [3.8, 4) is 11.8 Å². The van der Waals surface area contributed by atoms with Crippen molar-refractivity contribution in [1.29, 1.82) is 0 Å². The van der Waals surface area contributed by atoms with Gasteiger partial charge in [0.15, 0.2) is 11.2 Å². The number of hydrogen-bond donors (Lipinski definition) is 2. The Labute approximate surface area is 221 Å². The highest BCUT2D eigenvalue weighted by atomic mass is 19.4. The molecular formula is C25H29F3N6O5. The highest BCUT2D eigenvalue weighted by Gasteiger charge is 2.38. The third kappa shape index (κ3) is 7.27. The predicted octanol–water partition coefficient (Wildman–Crippen LogP) is 1.18. The van der Waals surface area contributed by atoms with Crippen molar-refractivity contribution in [1.82, 2.24) is 24.0 Å². The molecule has 1 aliphatic rings.